The van der Waals surface area contributed by atoms with Crippen LogP contribution in [0.5, 0.6) is 0 Å². The Morgan fingerprint density at radius 3 is 1.82 bits per heavy atom. The Hall–Kier alpha value is -1.79. The summed E-state index contributed by atoms with van der Waals surface area (Å²) in [6.07, 6.45) is -5.03. The van der Waals surface area contributed by atoms with Crippen LogP contribution < -0.4 is 0 Å². The van der Waals surface area contributed by atoms with E-state index in [1.165, 1.54) is 20.1 Å². The maximum absolute atomic E-state index is 12.5. The first kappa shape index (κ1) is 51.2. The molecule has 322 valence electrons. The van der Waals surface area contributed by atoms with Crippen molar-refractivity contribution in [3.8, 4) is 0 Å². The van der Waals surface area contributed by atoms with E-state index >= 15 is 0 Å². The third-order valence-corrected chi connectivity index (χ3v) is 10.9. The van der Waals surface area contributed by atoms with Gasteiger partial charge in [-0.1, -0.05) is 73.1 Å². The van der Waals surface area contributed by atoms with E-state index in [4.69, 9.17) is 24.1 Å². The molecule has 0 aromatic rings. The van der Waals surface area contributed by atoms with Crippen molar-refractivity contribution in [3.63, 3.8) is 0 Å². The molecule has 1 aliphatic heterocycles. The summed E-state index contributed by atoms with van der Waals surface area (Å²) >= 11 is 0. The molecule has 0 aromatic carbocycles. The molecule has 55 heavy (non-hydrogen) atoms. The van der Waals surface area contributed by atoms with Crippen molar-refractivity contribution >= 4 is 5.97 Å². The molecule has 0 bridgehead atoms. The normalized spacial score (nSPS) is 28.2. The topological polar surface area (TPSA) is 236 Å². The van der Waals surface area contributed by atoms with Crippen molar-refractivity contribution in [1.82, 2.24) is 0 Å². The minimum absolute atomic E-state index is 0.0169. The minimum atomic E-state index is -1.70. The highest BCUT2D eigenvalue weighted by molar-refractivity contribution is 5.87. The van der Waals surface area contributed by atoms with Gasteiger partial charge in [0.1, 0.15) is 49.3 Å². The molecular formula is C41H74O14. The molecule has 0 amide bonds. The van der Waals surface area contributed by atoms with Gasteiger partial charge in [-0.25, -0.2) is 4.79 Å². The van der Waals surface area contributed by atoms with Crippen LogP contribution in [0.4, 0.5) is 0 Å². The number of hydrogen-bond donors (Lipinski definition) is 9. The van der Waals surface area contributed by atoms with Crippen LogP contribution in [0, 0.1) is 35.5 Å². The zero-order valence-corrected chi connectivity index (χ0v) is 34.9. The molecule has 9 N–H and O–H groups in total. The van der Waals surface area contributed by atoms with Crippen molar-refractivity contribution in [2.75, 3.05) is 26.9 Å². The highest BCUT2D eigenvalue weighted by Gasteiger charge is 2.46. The fourth-order valence-electron chi connectivity index (χ4n) is 7.44. The number of esters is 1. The summed E-state index contributed by atoms with van der Waals surface area (Å²) in [5.41, 5.74) is 1.37. The maximum atomic E-state index is 12.5. The van der Waals surface area contributed by atoms with Gasteiger partial charge in [-0.3, -0.25) is 0 Å². The zero-order valence-electron chi connectivity index (χ0n) is 34.9. The van der Waals surface area contributed by atoms with E-state index in [1.54, 1.807) is 19.9 Å². The van der Waals surface area contributed by atoms with Gasteiger partial charge in [-0.15, -0.1) is 0 Å². The smallest absolute Gasteiger partial charge is 0.333 e. The van der Waals surface area contributed by atoms with Crippen LogP contribution in [0.1, 0.15) is 88.5 Å². The standard InChI is InChI=1S/C41H74O14/c1-12-21(2)13-22(3)14-27(8)38(55-41-37(50)36(49)39(52-11)32(19-43)54-41)28(9)16-25(6)33(46)23(4)15-24(5)34(47)26(7)17-29(10)40(51)53-20-31(45)35(48)30(44)18-42/h15-17,21-23,26-28,30-39,41-50H,12-14,18-20H2,1-11H3/b24-15+,25-16+,29-17+/t21-,22-,23-,26-,27-,28-,30+,31+,32?,33-,34+,35+,36?,37?,38+,39?,41?/m0/s1. The SMILES string of the molecule is CC[C@H](C)C[C@H](C)C[C@H](C)[C@@H](OC1OC(CO)C(OC)C(O)C1O)[C@@H](C)/C=C(\C)[C@@H](O)[C@@H](C)/C=C(\C)[C@@H](O)[C@@H](C)/C=C(\C)C(=O)OC[C@@H](O)[C@H](O)[C@H](O)CO. The van der Waals surface area contributed by atoms with Crippen molar-refractivity contribution in [2.24, 2.45) is 35.5 Å². The van der Waals surface area contributed by atoms with Gasteiger partial charge in [-0.2, -0.15) is 0 Å². The predicted octanol–water partition coefficient (Wildman–Crippen LogP) is 2.01. The quantitative estimate of drug-likeness (QED) is 0.0387. The molecule has 0 aliphatic carbocycles. The van der Waals surface area contributed by atoms with Gasteiger partial charge < -0.3 is 64.9 Å². The number of ether oxygens (including phenoxy) is 4. The molecule has 1 saturated heterocycles. The molecule has 0 spiro atoms. The Labute approximate surface area is 328 Å². The summed E-state index contributed by atoms with van der Waals surface area (Å²) < 4.78 is 22.7. The molecular weight excluding hydrogens is 716 g/mol. The molecule has 1 heterocycles. The van der Waals surface area contributed by atoms with E-state index in [1.807, 2.05) is 26.8 Å². The lowest BCUT2D eigenvalue weighted by Gasteiger charge is -2.43. The molecule has 0 radical (unpaired) electrons. The maximum Gasteiger partial charge on any atom is 0.333 e. The molecule has 1 fully saturated rings. The van der Waals surface area contributed by atoms with E-state index in [-0.39, 0.29) is 17.4 Å². The lowest BCUT2D eigenvalue weighted by molar-refractivity contribution is -0.320. The van der Waals surface area contributed by atoms with Gasteiger partial charge in [0.05, 0.1) is 31.5 Å². The van der Waals surface area contributed by atoms with Gasteiger partial charge in [0.2, 0.25) is 0 Å². The molecule has 14 heteroatoms. The van der Waals surface area contributed by atoms with Gasteiger partial charge >= 0.3 is 5.97 Å². The van der Waals surface area contributed by atoms with E-state index in [0.717, 1.165) is 19.3 Å². The molecule has 5 unspecified atom stereocenters. The van der Waals surface area contributed by atoms with Crippen LogP contribution in [0.3, 0.4) is 0 Å². The second-order valence-corrected chi connectivity index (χ2v) is 16.1. The fraction of sp³-hybridized carbons (Fsp3) is 0.829. The summed E-state index contributed by atoms with van der Waals surface area (Å²) in [6, 6.07) is 0. The van der Waals surface area contributed by atoms with Gasteiger partial charge in [0.25, 0.3) is 0 Å². The van der Waals surface area contributed by atoms with Crippen LogP contribution >= 0.6 is 0 Å². The average molecular weight is 791 g/mol. The summed E-state index contributed by atoms with van der Waals surface area (Å²) in [4.78, 5) is 12.5. The lowest BCUT2D eigenvalue weighted by Crippen LogP contribution is -2.60. The Bertz CT molecular complexity index is 1210. The number of rotatable bonds is 24. The highest BCUT2D eigenvalue weighted by atomic mass is 16.7. The molecule has 1 rings (SSSR count). The summed E-state index contributed by atoms with van der Waals surface area (Å²) in [6.45, 7) is 17.4. The lowest BCUT2D eigenvalue weighted by atomic mass is 9.82. The Morgan fingerprint density at radius 2 is 1.31 bits per heavy atom. The van der Waals surface area contributed by atoms with E-state index in [0.29, 0.717) is 23.0 Å². The van der Waals surface area contributed by atoms with Crippen molar-refractivity contribution in [2.45, 2.75) is 156 Å². The zero-order chi connectivity index (χ0) is 42.3. The van der Waals surface area contributed by atoms with Gasteiger partial charge in [-0.05, 0) is 62.5 Å². The summed E-state index contributed by atoms with van der Waals surface area (Å²) in [5.74, 6) is -1.11. The molecule has 17 atom stereocenters. The minimum Gasteiger partial charge on any atom is -0.459 e. The number of aliphatic hydroxyl groups is 9. The summed E-state index contributed by atoms with van der Waals surface area (Å²) in [5, 5.41) is 92.2. The van der Waals surface area contributed by atoms with E-state index in [2.05, 4.69) is 27.7 Å². The number of carbonyl (C=O) groups is 1. The Kier molecular flexibility index (Phi) is 23.2. The first-order chi connectivity index (χ1) is 25.6. The molecule has 0 saturated carbocycles. The van der Waals surface area contributed by atoms with Gasteiger partial charge in [0, 0.05) is 30.4 Å². The van der Waals surface area contributed by atoms with E-state index in [9.17, 15) is 45.6 Å². The second-order valence-electron chi connectivity index (χ2n) is 16.1. The Balaban J connectivity index is 3.16. The predicted molar refractivity (Wildman–Crippen MR) is 207 cm³/mol. The number of hydrogen-bond acceptors (Lipinski definition) is 14. The monoisotopic (exact) mass is 791 g/mol. The summed E-state index contributed by atoms with van der Waals surface area (Å²) in [7, 11) is 1.37. The first-order valence-corrected chi connectivity index (χ1v) is 19.7. The van der Waals surface area contributed by atoms with Gasteiger partial charge in [0.15, 0.2) is 6.29 Å². The molecule has 14 nitrogen and oxygen atoms in total. The number of aliphatic hydroxyl groups excluding tert-OH is 9. The average Bonchev–Trinajstić information content (AvgIpc) is 3.14. The second kappa shape index (κ2) is 24.9. The van der Waals surface area contributed by atoms with Crippen LogP contribution in [-0.2, 0) is 23.7 Å². The third-order valence-electron chi connectivity index (χ3n) is 10.9. The van der Waals surface area contributed by atoms with Crippen LogP contribution in [0.2, 0.25) is 0 Å². The van der Waals surface area contributed by atoms with Crippen LogP contribution in [0.15, 0.2) is 34.9 Å². The number of methoxy groups -OCH3 is 1. The van der Waals surface area contributed by atoms with Crippen LogP contribution in [-0.4, -0.2) is 146 Å². The van der Waals surface area contributed by atoms with Crippen LogP contribution in [0.25, 0.3) is 0 Å². The highest BCUT2D eigenvalue weighted by Crippen LogP contribution is 2.33. The molecule has 0 aromatic heterocycles. The van der Waals surface area contributed by atoms with Crippen molar-refractivity contribution in [1.29, 1.82) is 0 Å². The Morgan fingerprint density at radius 1 is 0.764 bits per heavy atom. The fourth-order valence-corrected chi connectivity index (χ4v) is 7.44. The third kappa shape index (κ3) is 15.8. The molecule has 1 aliphatic rings. The van der Waals surface area contributed by atoms with Crippen molar-refractivity contribution < 1.29 is 69.7 Å². The van der Waals surface area contributed by atoms with Crippen molar-refractivity contribution in [3.05, 3.63) is 34.9 Å². The number of carbonyl (C=O) groups excluding carboxylic acids is 1. The first-order valence-electron chi connectivity index (χ1n) is 19.7. The largest absolute Gasteiger partial charge is 0.459 e. The van der Waals surface area contributed by atoms with E-state index < -0.39 is 105 Å².